The van der Waals surface area contributed by atoms with E-state index in [1.807, 2.05) is 0 Å². The summed E-state index contributed by atoms with van der Waals surface area (Å²) in [5.74, 6) is 5.33. The molecule has 156 valence electrons. The van der Waals surface area contributed by atoms with Crippen LogP contribution in [0.5, 0.6) is 0 Å². The van der Waals surface area contributed by atoms with E-state index >= 15 is 0 Å². The quantitative estimate of drug-likeness (QED) is 0.352. The average Bonchev–Trinajstić information content (AvgIpc) is 2.64. The molecule has 0 heterocycles. The number of hydrogen-bond donors (Lipinski definition) is 1. The lowest BCUT2D eigenvalue weighted by Gasteiger charge is -2.35. The topological polar surface area (TPSA) is 12.0 Å². The Morgan fingerprint density at radius 3 is 2.00 bits per heavy atom. The molecule has 0 amide bonds. The Balaban J connectivity index is 2.66. The zero-order chi connectivity index (χ0) is 19.5. The minimum absolute atomic E-state index is 0.790. The van der Waals surface area contributed by atoms with Gasteiger partial charge >= 0.3 is 0 Å². The van der Waals surface area contributed by atoms with Gasteiger partial charge in [-0.25, -0.2) is 0 Å². The predicted octanol–water partition coefficient (Wildman–Crippen LogP) is 7.70. The molecule has 1 heteroatoms. The van der Waals surface area contributed by atoms with Gasteiger partial charge in [-0.2, -0.15) is 0 Å². The molecule has 26 heavy (non-hydrogen) atoms. The van der Waals surface area contributed by atoms with Crippen molar-refractivity contribution in [3.63, 3.8) is 0 Å². The summed E-state index contributed by atoms with van der Waals surface area (Å²) in [5.41, 5.74) is 0. The van der Waals surface area contributed by atoms with Gasteiger partial charge in [0.1, 0.15) is 0 Å². The van der Waals surface area contributed by atoms with E-state index in [0.717, 1.165) is 41.5 Å². The lowest BCUT2D eigenvalue weighted by Crippen LogP contribution is -2.39. The molecule has 1 nitrogen and oxygen atoms in total. The highest BCUT2D eigenvalue weighted by atomic mass is 14.9. The van der Waals surface area contributed by atoms with Crippen LogP contribution in [-0.2, 0) is 0 Å². The Bertz CT molecular complexity index is 331. The molecule has 5 unspecified atom stereocenters. The summed E-state index contributed by atoms with van der Waals surface area (Å²) in [5, 5.41) is 4.02. The van der Waals surface area contributed by atoms with Gasteiger partial charge in [0.2, 0.25) is 0 Å². The first-order valence-corrected chi connectivity index (χ1v) is 12.1. The van der Waals surface area contributed by atoms with Crippen LogP contribution in [0.4, 0.5) is 0 Å². The van der Waals surface area contributed by atoms with E-state index in [9.17, 15) is 0 Å². The smallest absolute Gasteiger partial charge is 0.00673 e. The number of rotatable bonds is 13. The van der Waals surface area contributed by atoms with Gasteiger partial charge < -0.3 is 5.32 Å². The second-order valence-corrected chi connectivity index (χ2v) is 10.0. The van der Waals surface area contributed by atoms with Crippen molar-refractivity contribution in [2.24, 2.45) is 35.5 Å². The van der Waals surface area contributed by atoms with Crippen LogP contribution in [-0.4, -0.2) is 12.6 Å². The molecular weight excluding hydrogens is 314 g/mol. The highest BCUT2D eigenvalue weighted by molar-refractivity contribution is 4.81. The van der Waals surface area contributed by atoms with E-state index in [2.05, 4.69) is 53.8 Å². The fourth-order valence-electron chi connectivity index (χ4n) is 5.05. The summed E-state index contributed by atoms with van der Waals surface area (Å²) < 4.78 is 0. The summed E-state index contributed by atoms with van der Waals surface area (Å²) in [4.78, 5) is 0. The van der Waals surface area contributed by atoms with Crippen molar-refractivity contribution in [3.8, 4) is 0 Å². The van der Waals surface area contributed by atoms with E-state index in [-0.39, 0.29) is 0 Å². The second-order valence-electron chi connectivity index (χ2n) is 10.0. The lowest BCUT2D eigenvalue weighted by atomic mass is 9.75. The number of hydrogen-bond acceptors (Lipinski definition) is 1. The van der Waals surface area contributed by atoms with E-state index in [4.69, 9.17) is 0 Å². The maximum Gasteiger partial charge on any atom is 0.00673 e. The van der Waals surface area contributed by atoms with Crippen molar-refractivity contribution in [1.29, 1.82) is 0 Å². The molecule has 5 atom stereocenters. The lowest BCUT2D eigenvalue weighted by molar-refractivity contribution is 0.183. The molecule has 0 aromatic carbocycles. The van der Waals surface area contributed by atoms with Gasteiger partial charge in [0, 0.05) is 6.04 Å². The van der Waals surface area contributed by atoms with Gasteiger partial charge in [0.25, 0.3) is 0 Å². The van der Waals surface area contributed by atoms with Crippen LogP contribution < -0.4 is 5.32 Å². The van der Waals surface area contributed by atoms with Crippen LogP contribution in [0, 0.1) is 35.5 Å². The maximum atomic E-state index is 4.02. The Hall–Kier alpha value is -0.0400. The predicted molar refractivity (Wildman–Crippen MR) is 119 cm³/mol. The van der Waals surface area contributed by atoms with Gasteiger partial charge in [-0.05, 0) is 80.6 Å². The first-order valence-electron chi connectivity index (χ1n) is 12.1. The molecule has 1 N–H and O–H groups in total. The summed E-state index contributed by atoms with van der Waals surface area (Å²) >= 11 is 0. The van der Waals surface area contributed by atoms with Crippen LogP contribution in [0.3, 0.4) is 0 Å². The van der Waals surface area contributed by atoms with Crippen molar-refractivity contribution in [2.75, 3.05) is 6.54 Å². The summed E-state index contributed by atoms with van der Waals surface area (Å²) in [6.07, 6.45) is 13.9. The van der Waals surface area contributed by atoms with Gasteiger partial charge in [-0.1, -0.05) is 74.1 Å². The third-order valence-electron chi connectivity index (χ3n) is 7.67. The van der Waals surface area contributed by atoms with Gasteiger partial charge in [-0.3, -0.25) is 0 Å². The summed E-state index contributed by atoms with van der Waals surface area (Å²) in [6.45, 7) is 18.3. The van der Waals surface area contributed by atoms with Crippen molar-refractivity contribution in [1.82, 2.24) is 5.32 Å². The number of nitrogens with one attached hydrogen (secondary N) is 1. The minimum atomic E-state index is 0.790. The van der Waals surface area contributed by atoms with Crippen LogP contribution in [0.25, 0.3) is 0 Å². The second kappa shape index (κ2) is 13.2. The zero-order valence-corrected chi connectivity index (χ0v) is 19.3. The van der Waals surface area contributed by atoms with E-state index < -0.39 is 0 Å². The standard InChI is InChI=1S/C25H51N/c1-8-11-21(6)22(7)17-24(23(10-3)16-19(4)9-2)18-26-25-14-12-20(5)13-15-25/h19-26H,8-18H2,1-7H3. The molecule has 0 aliphatic heterocycles. The van der Waals surface area contributed by atoms with Gasteiger partial charge in [0.05, 0.1) is 0 Å². The highest BCUT2D eigenvalue weighted by Crippen LogP contribution is 2.33. The molecule has 1 aliphatic rings. The molecule has 0 spiro atoms. The molecule has 0 radical (unpaired) electrons. The molecule has 0 saturated heterocycles. The molecule has 1 fully saturated rings. The first-order chi connectivity index (χ1) is 12.4. The van der Waals surface area contributed by atoms with Crippen LogP contribution in [0.2, 0.25) is 0 Å². The van der Waals surface area contributed by atoms with Crippen molar-refractivity contribution < 1.29 is 0 Å². The van der Waals surface area contributed by atoms with Gasteiger partial charge in [0.15, 0.2) is 0 Å². The van der Waals surface area contributed by atoms with Crippen LogP contribution >= 0.6 is 0 Å². The van der Waals surface area contributed by atoms with Crippen molar-refractivity contribution in [2.45, 2.75) is 119 Å². The first kappa shape index (κ1) is 24.0. The monoisotopic (exact) mass is 365 g/mol. The molecule has 1 saturated carbocycles. The Morgan fingerprint density at radius 2 is 1.46 bits per heavy atom. The van der Waals surface area contributed by atoms with Crippen molar-refractivity contribution in [3.05, 3.63) is 0 Å². The maximum absolute atomic E-state index is 4.02. The van der Waals surface area contributed by atoms with Crippen LogP contribution in [0.1, 0.15) is 113 Å². The van der Waals surface area contributed by atoms with E-state index in [1.54, 1.807) is 0 Å². The molecule has 1 rings (SSSR count). The fraction of sp³-hybridized carbons (Fsp3) is 1.00. The molecular formula is C25H51N. The molecule has 0 aromatic heterocycles. The summed E-state index contributed by atoms with van der Waals surface area (Å²) in [7, 11) is 0. The highest BCUT2D eigenvalue weighted by Gasteiger charge is 2.27. The zero-order valence-electron chi connectivity index (χ0n) is 19.3. The molecule has 0 aromatic rings. The third kappa shape index (κ3) is 8.77. The average molecular weight is 366 g/mol. The largest absolute Gasteiger partial charge is 0.314 e. The minimum Gasteiger partial charge on any atom is -0.314 e. The Labute approximate surface area is 166 Å². The van der Waals surface area contributed by atoms with Crippen molar-refractivity contribution >= 4 is 0 Å². The molecule has 1 aliphatic carbocycles. The fourth-order valence-corrected chi connectivity index (χ4v) is 5.05. The Kier molecular flexibility index (Phi) is 12.2. The Morgan fingerprint density at radius 1 is 0.808 bits per heavy atom. The van der Waals surface area contributed by atoms with E-state index in [1.165, 1.54) is 70.8 Å². The third-order valence-corrected chi connectivity index (χ3v) is 7.67. The normalized spacial score (nSPS) is 26.9. The SMILES string of the molecule is CCCC(C)C(C)CC(CNC1CCC(C)CC1)C(CC)CC(C)CC. The van der Waals surface area contributed by atoms with E-state index in [0.29, 0.717) is 0 Å². The summed E-state index contributed by atoms with van der Waals surface area (Å²) in [6, 6.07) is 0.790. The molecule has 0 bridgehead atoms. The van der Waals surface area contributed by atoms with Gasteiger partial charge in [-0.15, -0.1) is 0 Å². The van der Waals surface area contributed by atoms with Crippen LogP contribution in [0.15, 0.2) is 0 Å².